The third kappa shape index (κ3) is 4.67. The number of nitrogens with zero attached hydrogens (tertiary/aromatic N) is 3. The predicted octanol–water partition coefficient (Wildman–Crippen LogP) is -1.29. The summed E-state index contributed by atoms with van der Waals surface area (Å²) >= 11 is 0. The van der Waals surface area contributed by atoms with Gasteiger partial charge in [0.2, 0.25) is 0 Å². The van der Waals surface area contributed by atoms with Crippen LogP contribution in [0.4, 0.5) is 0 Å². The van der Waals surface area contributed by atoms with Crippen LogP contribution in [0.25, 0.3) is 0 Å². The molecule has 2 aromatic rings. The number of rotatable bonds is 7. The molecule has 2 unspecified atom stereocenters. The highest BCUT2D eigenvalue weighted by Crippen LogP contribution is 2.17. The Morgan fingerprint density at radius 3 is 2.64 bits per heavy atom. The van der Waals surface area contributed by atoms with Gasteiger partial charge in [0.15, 0.2) is 5.82 Å². The molecule has 10 nitrogen and oxygen atoms in total. The summed E-state index contributed by atoms with van der Waals surface area (Å²) in [6.45, 7) is 0.887. The van der Waals surface area contributed by atoms with Gasteiger partial charge in [-0.25, -0.2) is 10.4 Å². The molecule has 0 aromatic carbocycles. The van der Waals surface area contributed by atoms with Crippen LogP contribution in [0, 0.1) is 0 Å². The molecule has 0 aliphatic rings. The number of aromatic amines is 1. The lowest BCUT2D eigenvalue weighted by atomic mass is 10.1. The second-order valence-electron chi connectivity index (χ2n) is 5.23. The molecule has 0 saturated heterocycles. The first kappa shape index (κ1) is 18.7. The fourth-order valence-electron chi connectivity index (χ4n) is 1.92. The van der Waals surface area contributed by atoms with Crippen LogP contribution in [0.15, 0.2) is 35.8 Å². The second-order valence-corrected chi connectivity index (χ2v) is 5.23. The molecule has 0 radical (unpaired) electrons. The number of imidazole rings is 1. The number of pyridine rings is 1. The van der Waals surface area contributed by atoms with Gasteiger partial charge >= 0.3 is 0 Å². The van der Waals surface area contributed by atoms with E-state index in [9.17, 15) is 20.1 Å². The highest BCUT2D eigenvalue weighted by molar-refractivity contribution is 5.98. The Labute approximate surface area is 142 Å². The van der Waals surface area contributed by atoms with E-state index in [1.807, 2.05) is 0 Å². The van der Waals surface area contributed by atoms with E-state index in [0.29, 0.717) is 11.3 Å². The number of aliphatic hydroxyl groups excluding tert-OH is 4. The van der Waals surface area contributed by atoms with Crippen molar-refractivity contribution in [2.75, 3.05) is 6.61 Å². The molecule has 6 N–H and O–H groups in total. The van der Waals surface area contributed by atoms with Gasteiger partial charge in [-0.2, -0.15) is 5.10 Å². The maximum atomic E-state index is 11.9. The van der Waals surface area contributed by atoms with Crippen molar-refractivity contribution in [2.24, 2.45) is 5.10 Å². The van der Waals surface area contributed by atoms with Crippen molar-refractivity contribution >= 4 is 11.6 Å². The Morgan fingerprint density at radius 2 is 2.00 bits per heavy atom. The van der Waals surface area contributed by atoms with Crippen molar-refractivity contribution in [3.63, 3.8) is 0 Å². The zero-order valence-electron chi connectivity index (χ0n) is 13.4. The standard InChI is InChI=1S/C15H19N5O5/c1-8(19-20-15(25)9-2-4-16-5-3-9)14-17-6-10(18-14)12(23)13(24)11(22)7-21/h2-6,11-13,21-24H,7H2,1H3,(H,17,18)(H,20,25)/b19-8+/t11?,12-,13?/m1/s1. The van der Waals surface area contributed by atoms with E-state index in [1.165, 1.54) is 30.7 Å². The van der Waals surface area contributed by atoms with Crippen molar-refractivity contribution < 1.29 is 25.2 Å². The monoisotopic (exact) mass is 349 g/mol. The molecule has 0 fully saturated rings. The van der Waals surface area contributed by atoms with Crippen molar-refractivity contribution in [1.29, 1.82) is 0 Å². The number of nitrogens with one attached hydrogen (secondary N) is 2. The fraction of sp³-hybridized carbons (Fsp3) is 0.333. The fourth-order valence-corrected chi connectivity index (χ4v) is 1.92. The second kappa shape index (κ2) is 8.44. The lowest BCUT2D eigenvalue weighted by Gasteiger charge is -2.19. The number of hydrazone groups is 1. The summed E-state index contributed by atoms with van der Waals surface area (Å²) in [4.78, 5) is 22.5. The average molecular weight is 349 g/mol. The lowest BCUT2D eigenvalue weighted by Crippen LogP contribution is -2.34. The van der Waals surface area contributed by atoms with Crippen LogP contribution < -0.4 is 5.43 Å². The molecule has 25 heavy (non-hydrogen) atoms. The van der Waals surface area contributed by atoms with E-state index in [4.69, 9.17) is 5.11 Å². The first-order valence-corrected chi connectivity index (χ1v) is 7.39. The van der Waals surface area contributed by atoms with Crippen molar-refractivity contribution in [2.45, 2.75) is 25.2 Å². The molecule has 0 bridgehead atoms. The van der Waals surface area contributed by atoms with Gasteiger partial charge < -0.3 is 25.4 Å². The molecule has 0 spiro atoms. The third-order valence-electron chi connectivity index (χ3n) is 3.42. The molecule has 0 saturated carbocycles. The summed E-state index contributed by atoms with van der Waals surface area (Å²) in [7, 11) is 0. The summed E-state index contributed by atoms with van der Waals surface area (Å²) in [6, 6.07) is 3.07. The minimum atomic E-state index is -1.59. The van der Waals surface area contributed by atoms with E-state index >= 15 is 0 Å². The molecule has 0 aliphatic carbocycles. The Morgan fingerprint density at radius 1 is 1.32 bits per heavy atom. The summed E-state index contributed by atoms with van der Waals surface area (Å²) < 4.78 is 0. The van der Waals surface area contributed by atoms with Crippen LogP contribution in [0.1, 0.15) is 34.9 Å². The average Bonchev–Trinajstić information content (AvgIpc) is 3.14. The van der Waals surface area contributed by atoms with Crippen LogP contribution in [-0.4, -0.2) is 65.8 Å². The number of aromatic nitrogens is 3. The Kier molecular flexibility index (Phi) is 6.31. The molecule has 3 atom stereocenters. The summed E-state index contributed by atoms with van der Waals surface area (Å²) in [6.07, 6.45) is -0.284. The SMILES string of the molecule is C/C(=N\NC(=O)c1ccncc1)c1nc([C@@H](O)C(O)C(O)CO)c[nH]1. The number of hydrogen-bond acceptors (Lipinski definition) is 8. The molecule has 134 valence electrons. The normalized spacial score (nSPS) is 15.5. The van der Waals surface area contributed by atoms with Gasteiger partial charge in [0, 0.05) is 24.2 Å². The summed E-state index contributed by atoms with van der Waals surface area (Å²) in [5.41, 5.74) is 3.15. The highest BCUT2D eigenvalue weighted by atomic mass is 16.4. The molecule has 2 rings (SSSR count). The lowest BCUT2D eigenvalue weighted by molar-refractivity contribution is -0.0788. The quantitative estimate of drug-likeness (QED) is 0.267. The van der Waals surface area contributed by atoms with E-state index in [0.717, 1.165) is 0 Å². The van der Waals surface area contributed by atoms with Crippen LogP contribution in [0.2, 0.25) is 0 Å². The van der Waals surface area contributed by atoms with Gasteiger partial charge in [-0.1, -0.05) is 0 Å². The number of amides is 1. The van der Waals surface area contributed by atoms with E-state index in [2.05, 4.69) is 25.5 Å². The van der Waals surface area contributed by atoms with Gasteiger partial charge in [0.25, 0.3) is 5.91 Å². The van der Waals surface area contributed by atoms with Gasteiger partial charge in [-0.05, 0) is 19.1 Å². The van der Waals surface area contributed by atoms with E-state index < -0.39 is 30.8 Å². The van der Waals surface area contributed by atoms with Gasteiger partial charge in [0.1, 0.15) is 24.0 Å². The van der Waals surface area contributed by atoms with Crippen molar-refractivity contribution in [3.8, 4) is 0 Å². The topological polar surface area (TPSA) is 164 Å². The van der Waals surface area contributed by atoms with E-state index in [1.54, 1.807) is 6.92 Å². The molecule has 0 aliphatic heterocycles. The zero-order valence-corrected chi connectivity index (χ0v) is 13.4. The molecule has 10 heteroatoms. The molecule has 2 aromatic heterocycles. The van der Waals surface area contributed by atoms with Crippen LogP contribution >= 0.6 is 0 Å². The minimum absolute atomic E-state index is 0.0602. The number of carbonyl (C=O) groups is 1. The zero-order chi connectivity index (χ0) is 18.4. The van der Waals surface area contributed by atoms with Crippen LogP contribution in [0.5, 0.6) is 0 Å². The molecular weight excluding hydrogens is 330 g/mol. The molecule has 1 amide bonds. The maximum Gasteiger partial charge on any atom is 0.271 e. The third-order valence-corrected chi connectivity index (χ3v) is 3.42. The van der Waals surface area contributed by atoms with Gasteiger partial charge in [-0.3, -0.25) is 9.78 Å². The Balaban J connectivity index is 2.04. The van der Waals surface area contributed by atoms with Crippen LogP contribution in [0.3, 0.4) is 0 Å². The maximum absolute atomic E-state index is 11.9. The first-order valence-electron chi connectivity index (χ1n) is 7.39. The Bertz CT molecular complexity index is 733. The van der Waals surface area contributed by atoms with Gasteiger partial charge in [0.05, 0.1) is 12.3 Å². The number of H-pyrrole nitrogens is 1. The van der Waals surface area contributed by atoms with Crippen molar-refractivity contribution in [1.82, 2.24) is 20.4 Å². The number of carbonyl (C=O) groups excluding carboxylic acids is 1. The van der Waals surface area contributed by atoms with Crippen LogP contribution in [-0.2, 0) is 0 Å². The smallest absolute Gasteiger partial charge is 0.271 e. The number of hydrogen-bond donors (Lipinski definition) is 6. The van der Waals surface area contributed by atoms with Gasteiger partial charge in [-0.15, -0.1) is 0 Å². The largest absolute Gasteiger partial charge is 0.394 e. The number of aliphatic hydroxyl groups is 4. The first-order chi connectivity index (χ1) is 11.9. The highest BCUT2D eigenvalue weighted by Gasteiger charge is 2.27. The molecular formula is C15H19N5O5. The predicted molar refractivity (Wildman–Crippen MR) is 86.6 cm³/mol. The summed E-state index contributed by atoms with van der Waals surface area (Å²) in [5, 5.41) is 41.7. The molecule has 2 heterocycles. The summed E-state index contributed by atoms with van der Waals surface area (Å²) in [5.74, 6) is -0.162. The van der Waals surface area contributed by atoms with Crippen molar-refractivity contribution in [3.05, 3.63) is 47.8 Å². The van der Waals surface area contributed by atoms with E-state index in [-0.39, 0.29) is 11.5 Å². The Hall–Kier alpha value is -2.66. The minimum Gasteiger partial charge on any atom is -0.394 e.